The Kier molecular flexibility index (Phi) is 4.51. The van der Waals surface area contributed by atoms with Crippen LogP contribution in [-0.2, 0) is 0 Å². The maximum Gasteiger partial charge on any atom is 0.174 e. The highest BCUT2D eigenvalue weighted by atomic mass is 35.5. The summed E-state index contributed by atoms with van der Waals surface area (Å²) in [5, 5.41) is 17.3. The lowest BCUT2D eigenvalue weighted by Gasteiger charge is -2.19. The van der Waals surface area contributed by atoms with Crippen molar-refractivity contribution in [2.24, 2.45) is 0 Å². The fraction of sp³-hybridized carbons (Fsp3) is 0.105. The van der Waals surface area contributed by atoms with Gasteiger partial charge in [-0.3, -0.25) is 0 Å². The molecule has 1 atom stereocenters. The highest BCUT2D eigenvalue weighted by Gasteiger charge is 2.19. The summed E-state index contributed by atoms with van der Waals surface area (Å²) in [7, 11) is 0. The Balaban J connectivity index is 1.83. The molecule has 1 aromatic carbocycles. The number of nitrogens with one attached hydrogen (secondary N) is 1. The molecule has 8 nitrogen and oxygen atoms in total. The number of hydrogen-bond acceptors (Lipinski definition) is 7. The normalized spacial score (nSPS) is 11.9. The van der Waals surface area contributed by atoms with Crippen molar-refractivity contribution in [3.05, 3.63) is 65.2 Å². The van der Waals surface area contributed by atoms with E-state index in [2.05, 4.69) is 20.4 Å². The van der Waals surface area contributed by atoms with Gasteiger partial charge in [-0.05, 0) is 6.92 Å². The number of nitriles is 1. The van der Waals surface area contributed by atoms with Crippen LogP contribution in [0.1, 0.15) is 24.1 Å². The van der Waals surface area contributed by atoms with E-state index in [0.717, 1.165) is 16.8 Å². The van der Waals surface area contributed by atoms with E-state index in [0.29, 0.717) is 16.5 Å². The molecule has 3 heterocycles. The topological polar surface area (TPSA) is 118 Å². The zero-order valence-electron chi connectivity index (χ0n) is 14.8. The standard InChI is InChI=1S/C19H15ClN8/c1-11(26-18-13(7-21)17(22)23-10-24-18)14-9-28-19(15(20)8-25-28)27-16(14)12-5-3-2-4-6-12/h2-6,8-11H,1H3,(H3,22,23,24,26)/t11-/m0/s1. The molecule has 9 heteroatoms. The third kappa shape index (κ3) is 3.08. The molecule has 0 radical (unpaired) electrons. The third-order valence-electron chi connectivity index (χ3n) is 4.33. The van der Waals surface area contributed by atoms with Crippen molar-refractivity contribution in [3.63, 3.8) is 0 Å². The molecule has 0 aliphatic rings. The number of fused-ring (bicyclic) bond motifs is 1. The molecular weight excluding hydrogens is 376 g/mol. The number of nitrogen functional groups attached to an aromatic ring is 1. The van der Waals surface area contributed by atoms with Crippen molar-refractivity contribution in [1.82, 2.24) is 24.6 Å². The fourth-order valence-corrected chi connectivity index (χ4v) is 3.12. The van der Waals surface area contributed by atoms with Crippen molar-refractivity contribution in [2.75, 3.05) is 11.1 Å². The minimum absolute atomic E-state index is 0.128. The summed E-state index contributed by atoms with van der Waals surface area (Å²) in [6.45, 7) is 1.94. The number of hydrogen-bond donors (Lipinski definition) is 2. The summed E-state index contributed by atoms with van der Waals surface area (Å²) in [5.74, 6) is 0.489. The Hall–Kier alpha value is -3.70. The Morgan fingerprint density at radius 3 is 2.79 bits per heavy atom. The van der Waals surface area contributed by atoms with Gasteiger partial charge in [-0.25, -0.2) is 19.5 Å². The van der Waals surface area contributed by atoms with Crippen LogP contribution in [0.5, 0.6) is 0 Å². The molecule has 138 valence electrons. The van der Waals surface area contributed by atoms with Crippen LogP contribution in [0.25, 0.3) is 16.9 Å². The van der Waals surface area contributed by atoms with Gasteiger partial charge in [-0.1, -0.05) is 41.9 Å². The molecule has 3 N–H and O–H groups in total. The second kappa shape index (κ2) is 7.13. The van der Waals surface area contributed by atoms with Crippen molar-refractivity contribution >= 4 is 28.9 Å². The molecule has 0 bridgehead atoms. The number of anilines is 2. The summed E-state index contributed by atoms with van der Waals surface area (Å²) in [6.07, 6.45) is 4.74. The highest BCUT2D eigenvalue weighted by molar-refractivity contribution is 6.33. The van der Waals surface area contributed by atoms with E-state index in [9.17, 15) is 5.26 Å². The van der Waals surface area contributed by atoms with Gasteiger partial charge in [0, 0.05) is 17.3 Å². The zero-order valence-corrected chi connectivity index (χ0v) is 15.6. The molecule has 0 amide bonds. The summed E-state index contributed by atoms with van der Waals surface area (Å²) >= 11 is 6.22. The van der Waals surface area contributed by atoms with E-state index < -0.39 is 0 Å². The smallest absolute Gasteiger partial charge is 0.174 e. The molecule has 0 saturated carbocycles. The molecule has 0 spiro atoms. The number of rotatable bonds is 4. The van der Waals surface area contributed by atoms with Crippen molar-refractivity contribution in [1.29, 1.82) is 5.26 Å². The molecule has 0 saturated heterocycles. The maximum atomic E-state index is 9.37. The predicted octanol–water partition coefficient (Wildman–Crippen LogP) is 3.47. The van der Waals surface area contributed by atoms with Crippen LogP contribution in [0.3, 0.4) is 0 Å². The van der Waals surface area contributed by atoms with Gasteiger partial charge in [-0.15, -0.1) is 0 Å². The average molecular weight is 391 g/mol. The molecule has 0 aliphatic carbocycles. The maximum absolute atomic E-state index is 9.37. The minimum atomic E-state index is -0.253. The molecule has 0 unspecified atom stereocenters. The Bertz CT molecular complexity index is 1200. The quantitative estimate of drug-likeness (QED) is 0.547. The number of nitrogens with zero attached hydrogens (tertiary/aromatic N) is 6. The molecule has 4 rings (SSSR count). The predicted molar refractivity (Wildman–Crippen MR) is 107 cm³/mol. The van der Waals surface area contributed by atoms with Crippen LogP contribution in [0.4, 0.5) is 11.6 Å². The minimum Gasteiger partial charge on any atom is -0.382 e. The second-order valence-electron chi connectivity index (χ2n) is 6.13. The molecular formula is C19H15ClN8. The fourth-order valence-electron chi connectivity index (χ4n) is 2.94. The van der Waals surface area contributed by atoms with Crippen LogP contribution < -0.4 is 11.1 Å². The van der Waals surface area contributed by atoms with Crippen molar-refractivity contribution in [2.45, 2.75) is 13.0 Å². The lowest BCUT2D eigenvalue weighted by molar-refractivity contribution is 0.830. The Labute approximate surface area is 165 Å². The van der Waals surface area contributed by atoms with Gasteiger partial charge < -0.3 is 11.1 Å². The first-order chi connectivity index (χ1) is 13.6. The molecule has 0 fully saturated rings. The van der Waals surface area contributed by atoms with Crippen LogP contribution in [0.15, 0.2) is 49.1 Å². The summed E-state index contributed by atoms with van der Waals surface area (Å²) in [6, 6.07) is 11.6. The molecule has 0 aliphatic heterocycles. The molecule has 3 aromatic heterocycles. The SMILES string of the molecule is C[C@H](Nc1ncnc(N)c1C#N)c1cn2ncc(Cl)c2nc1-c1ccccc1. The van der Waals surface area contributed by atoms with Gasteiger partial charge in [0.15, 0.2) is 5.65 Å². The Morgan fingerprint density at radius 1 is 1.25 bits per heavy atom. The first kappa shape index (κ1) is 17.7. The number of benzene rings is 1. The van der Waals surface area contributed by atoms with Gasteiger partial charge in [-0.2, -0.15) is 10.4 Å². The van der Waals surface area contributed by atoms with E-state index in [-0.39, 0.29) is 17.4 Å². The van der Waals surface area contributed by atoms with Crippen LogP contribution in [0.2, 0.25) is 5.02 Å². The van der Waals surface area contributed by atoms with E-state index in [1.807, 2.05) is 49.5 Å². The van der Waals surface area contributed by atoms with E-state index in [1.165, 1.54) is 6.33 Å². The van der Waals surface area contributed by atoms with Gasteiger partial charge in [0.1, 0.15) is 34.6 Å². The summed E-state index contributed by atoms with van der Waals surface area (Å²) < 4.78 is 1.63. The average Bonchev–Trinajstić information content (AvgIpc) is 3.08. The van der Waals surface area contributed by atoms with E-state index >= 15 is 0 Å². The number of halogens is 1. The van der Waals surface area contributed by atoms with E-state index in [4.69, 9.17) is 22.3 Å². The first-order valence-electron chi connectivity index (χ1n) is 8.44. The van der Waals surface area contributed by atoms with Crippen molar-refractivity contribution in [3.8, 4) is 17.3 Å². The third-order valence-corrected chi connectivity index (χ3v) is 4.60. The summed E-state index contributed by atoms with van der Waals surface area (Å²) in [5.41, 5.74) is 9.12. The number of aromatic nitrogens is 5. The van der Waals surface area contributed by atoms with Crippen LogP contribution in [-0.4, -0.2) is 24.6 Å². The van der Waals surface area contributed by atoms with Crippen molar-refractivity contribution < 1.29 is 0 Å². The van der Waals surface area contributed by atoms with E-state index in [1.54, 1.807) is 10.7 Å². The summed E-state index contributed by atoms with van der Waals surface area (Å²) in [4.78, 5) is 12.8. The highest BCUT2D eigenvalue weighted by Crippen LogP contribution is 2.31. The van der Waals surface area contributed by atoms with Gasteiger partial charge in [0.25, 0.3) is 0 Å². The second-order valence-corrected chi connectivity index (χ2v) is 6.54. The molecule has 4 aromatic rings. The monoisotopic (exact) mass is 390 g/mol. The van der Waals surface area contributed by atoms with Gasteiger partial charge in [0.05, 0.1) is 17.9 Å². The first-order valence-corrected chi connectivity index (χ1v) is 8.82. The largest absolute Gasteiger partial charge is 0.382 e. The van der Waals surface area contributed by atoms with Gasteiger partial charge in [0.2, 0.25) is 0 Å². The molecule has 28 heavy (non-hydrogen) atoms. The van der Waals surface area contributed by atoms with Gasteiger partial charge >= 0.3 is 0 Å². The lowest BCUT2D eigenvalue weighted by atomic mass is 10.0. The van der Waals surface area contributed by atoms with Crippen LogP contribution in [0, 0.1) is 11.3 Å². The number of nitrogens with two attached hydrogens (primary N) is 1. The lowest BCUT2D eigenvalue weighted by Crippen LogP contribution is -2.14. The van der Waals surface area contributed by atoms with Crippen LogP contribution >= 0.6 is 11.6 Å². The zero-order chi connectivity index (χ0) is 19.7. The Morgan fingerprint density at radius 2 is 2.04 bits per heavy atom.